The van der Waals surface area contributed by atoms with Gasteiger partial charge in [-0.15, -0.1) is 0 Å². The third-order valence-corrected chi connectivity index (χ3v) is 5.50. The van der Waals surface area contributed by atoms with Crippen LogP contribution in [-0.4, -0.2) is 61.4 Å². The molecule has 1 aliphatic rings. The number of carbonyl (C=O) groups is 1. The molecule has 2 aromatic heterocycles. The van der Waals surface area contributed by atoms with Gasteiger partial charge in [-0.3, -0.25) is 19.1 Å². The van der Waals surface area contributed by atoms with Gasteiger partial charge in [-0.1, -0.05) is 29.3 Å². The zero-order chi connectivity index (χ0) is 19.5. The minimum absolute atomic E-state index is 0.0339. The Kier molecular flexibility index (Phi) is 5.66. The standard InChI is InChI=1S/C19H20Cl2N6O/c20-16-3-2-15(12-17(16)21)13-24-8-10-25(11-9-24)19(28)18-4-7-27(23-18)14-26-6-1-5-22-26/h1-7,12H,8-11,13-14H2. The number of nitrogens with zero attached hydrogens (tertiary/aromatic N) is 6. The predicted molar refractivity (Wildman–Crippen MR) is 107 cm³/mol. The molecule has 1 fully saturated rings. The molecule has 1 aromatic carbocycles. The van der Waals surface area contributed by atoms with E-state index in [2.05, 4.69) is 15.1 Å². The van der Waals surface area contributed by atoms with Crippen LogP contribution in [-0.2, 0) is 13.2 Å². The van der Waals surface area contributed by atoms with Crippen LogP contribution in [0.1, 0.15) is 16.1 Å². The Morgan fingerprint density at radius 2 is 1.82 bits per heavy atom. The lowest BCUT2D eigenvalue weighted by molar-refractivity contribution is 0.0621. The first-order valence-corrected chi connectivity index (χ1v) is 9.80. The summed E-state index contributed by atoms with van der Waals surface area (Å²) in [4.78, 5) is 16.9. The second kappa shape index (κ2) is 8.34. The van der Waals surface area contributed by atoms with Gasteiger partial charge in [0.1, 0.15) is 12.4 Å². The van der Waals surface area contributed by atoms with E-state index in [4.69, 9.17) is 23.2 Å². The Hall–Kier alpha value is -2.35. The largest absolute Gasteiger partial charge is 0.335 e. The van der Waals surface area contributed by atoms with Crippen LogP contribution in [0.3, 0.4) is 0 Å². The number of aromatic nitrogens is 4. The minimum atomic E-state index is -0.0339. The Morgan fingerprint density at radius 1 is 1.00 bits per heavy atom. The zero-order valence-corrected chi connectivity index (χ0v) is 16.7. The quantitative estimate of drug-likeness (QED) is 0.638. The van der Waals surface area contributed by atoms with E-state index >= 15 is 0 Å². The van der Waals surface area contributed by atoms with Crippen molar-refractivity contribution in [3.63, 3.8) is 0 Å². The van der Waals surface area contributed by atoms with Gasteiger partial charge in [0.15, 0.2) is 0 Å². The molecule has 9 heteroatoms. The lowest BCUT2D eigenvalue weighted by atomic mass is 10.2. The summed E-state index contributed by atoms with van der Waals surface area (Å²) in [6.45, 7) is 4.23. The van der Waals surface area contributed by atoms with Crippen LogP contribution in [0.5, 0.6) is 0 Å². The van der Waals surface area contributed by atoms with E-state index < -0.39 is 0 Å². The third-order valence-electron chi connectivity index (χ3n) is 4.76. The molecule has 28 heavy (non-hydrogen) atoms. The first kappa shape index (κ1) is 19.0. The highest BCUT2D eigenvalue weighted by Crippen LogP contribution is 2.23. The summed E-state index contributed by atoms with van der Waals surface area (Å²) in [6.07, 6.45) is 5.37. The minimum Gasteiger partial charge on any atom is -0.335 e. The maximum absolute atomic E-state index is 12.7. The van der Waals surface area contributed by atoms with Crippen molar-refractivity contribution in [3.05, 3.63) is 70.2 Å². The molecule has 7 nitrogen and oxygen atoms in total. The molecular weight excluding hydrogens is 399 g/mol. The van der Waals surface area contributed by atoms with Crippen molar-refractivity contribution in [3.8, 4) is 0 Å². The van der Waals surface area contributed by atoms with Crippen LogP contribution in [0.4, 0.5) is 0 Å². The van der Waals surface area contributed by atoms with Gasteiger partial charge in [0.2, 0.25) is 0 Å². The number of amides is 1. The van der Waals surface area contributed by atoms with E-state index in [0.29, 0.717) is 35.5 Å². The Morgan fingerprint density at radius 3 is 2.54 bits per heavy atom. The molecule has 0 bridgehead atoms. The summed E-state index contributed by atoms with van der Waals surface area (Å²) >= 11 is 12.1. The highest BCUT2D eigenvalue weighted by molar-refractivity contribution is 6.42. The number of rotatable bonds is 5. The Bertz CT molecular complexity index is 947. The van der Waals surface area contributed by atoms with Gasteiger partial charge in [-0.2, -0.15) is 10.2 Å². The number of piperazine rings is 1. The highest BCUT2D eigenvalue weighted by atomic mass is 35.5. The van der Waals surface area contributed by atoms with E-state index in [0.717, 1.165) is 25.2 Å². The highest BCUT2D eigenvalue weighted by Gasteiger charge is 2.23. The van der Waals surface area contributed by atoms with E-state index in [9.17, 15) is 4.79 Å². The smallest absolute Gasteiger partial charge is 0.274 e. The van der Waals surface area contributed by atoms with Crippen LogP contribution in [0, 0.1) is 0 Å². The van der Waals surface area contributed by atoms with Crippen molar-refractivity contribution in [2.24, 2.45) is 0 Å². The van der Waals surface area contributed by atoms with Gasteiger partial charge in [-0.05, 0) is 29.8 Å². The first-order chi connectivity index (χ1) is 13.6. The summed E-state index contributed by atoms with van der Waals surface area (Å²) in [5.74, 6) is -0.0339. The number of halogens is 2. The molecule has 0 saturated carbocycles. The van der Waals surface area contributed by atoms with Gasteiger partial charge in [0.25, 0.3) is 5.91 Å². The van der Waals surface area contributed by atoms with Gasteiger partial charge in [0.05, 0.1) is 10.0 Å². The van der Waals surface area contributed by atoms with Crippen molar-refractivity contribution in [1.82, 2.24) is 29.4 Å². The molecule has 1 amide bonds. The fourth-order valence-electron chi connectivity index (χ4n) is 3.25. The van der Waals surface area contributed by atoms with Crippen LogP contribution in [0.2, 0.25) is 10.0 Å². The lowest BCUT2D eigenvalue weighted by Gasteiger charge is -2.34. The second-order valence-electron chi connectivity index (χ2n) is 6.74. The molecule has 0 atom stereocenters. The maximum atomic E-state index is 12.7. The Balaban J connectivity index is 1.31. The van der Waals surface area contributed by atoms with Crippen LogP contribution >= 0.6 is 23.2 Å². The monoisotopic (exact) mass is 418 g/mol. The van der Waals surface area contributed by atoms with Crippen molar-refractivity contribution < 1.29 is 4.79 Å². The lowest BCUT2D eigenvalue weighted by Crippen LogP contribution is -2.48. The van der Waals surface area contributed by atoms with Gasteiger partial charge in [-0.25, -0.2) is 0 Å². The molecule has 1 aliphatic heterocycles. The summed E-state index contributed by atoms with van der Waals surface area (Å²) in [6, 6.07) is 9.31. The molecule has 3 aromatic rings. The third kappa shape index (κ3) is 4.38. The molecule has 0 unspecified atom stereocenters. The molecule has 3 heterocycles. The molecule has 0 aliphatic carbocycles. The molecular formula is C19H20Cl2N6O. The van der Waals surface area contributed by atoms with Crippen molar-refractivity contribution in [2.75, 3.05) is 26.2 Å². The van der Waals surface area contributed by atoms with E-state index in [-0.39, 0.29) is 5.91 Å². The van der Waals surface area contributed by atoms with E-state index in [1.54, 1.807) is 27.8 Å². The van der Waals surface area contributed by atoms with Crippen molar-refractivity contribution >= 4 is 29.1 Å². The average molecular weight is 419 g/mol. The van der Waals surface area contributed by atoms with Crippen LogP contribution in [0.25, 0.3) is 0 Å². The fraction of sp³-hybridized carbons (Fsp3) is 0.316. The zero-order valence-electron chi connectivity index (χ0n) is 15.2. The molecule has 1 saturated heterocycles. The van der Waals surface area contributed by atoms with Crippen molar-refractivity contribution in [2.45, 2.75) is 13.2 Å². The van der Waals surface area contributed by atoms with Crippen LogP contribution < -0.4 is 0 Å². The summed E-state index contributed by atoms with van der Waals surface area (Å²) in [5.41, 5.74) is 1.58. The van der Waals surface area contributed by atoms with Crippen molar-refractivity contribution in [1.29, 1.82) is 0 Å². The van der Waals surface area contributed by atoms with Gasteiger partial charge in [0, 0.05) is 51.3 Å². The number of hydrogen-bond acceptors (Lipinski definition) is 4. The Labute approximate surface area is 173 Å². The normalized spacial score (nSPS) is 15.1. The summed E-state index contributed by atoms with van der Waals surface area (Å²) in [5, 5.41) is 9.67. The SMILES string of the molecule is O=C(c1ccn(Cn2cccn2)n1)N1CCN(Cc2ccc(Cl)c(Cl)c2)CC1. The molecule has 0 radical (unpaired) electrons. The first-order valence-electron chi connectivity index (χ1n) is 9.05. The second-order valence-corrected chi connectivity index (χ2v) is 7.56. The molecule has 0 N–H and O–H groups in total. The van der Waals surface area contributed by atoms with E-state index in [1.165, 1.54) is 0 Å². The van der Waals surface area contributed by atoms with E-state index in [1.807, 2.05) is 35.4 Å². The van der Waals surface area contributed by atoms with Gasteiger partial charge < -0.3 is 4.90 Å². The molecule has 146 valence electrons. The van der Waals surface area contributed by atoms with Gasteiger partial charge >= 0.3 is 0 Å². The number of hydrogen-bond donors (Lipinski definition) is 0. The van der Waals surface area contributed by atoms with Crippen LogP contribution in [0.15, 0.2) is 48.9 Å². The summed E-state index contributed by atoms with van der Waals surface area (Å²) < 4.78 is 3.46. The number of carbonyl (C=O) groups excluding carboxylic acids is 1. The summed E-state index contributed by atoms with van der Waals surface area (Å²) in [7, 11) is 0. The average Bonchev–Trinajstić information content (AvgIpc) is 3.37. The fourth-order valence-corrected chi connectivity index (χ4v) is 3.58. The molecule has 4 rings (SSSR count). The maximum Gasteiger partial charge on any atom is 0.274 e. The molecule has 0 spiro atoms. The predicted octanol–water partition coefficient (Wildman–Crippen LogP) is 2.85. The number of benzene rings is 1. The topological polar surface area (TPSA) is 59.2 Å².